The van der Waals surface area contributed by atoms with Crippen molar-refractivity contribution in [3.63, 3.8) is 0 Å². The van der Waals surface area contributed by atoms with Gasteiger partial charge in [0.05, 0.1) is 5.69 Å². The van der Waals surface area contributed by atoms with Crippen LogP contribution in [0.4, 0.5) is 16.3 Å². The molecule has 14 heavy (non-hydrogen) atoms. The number of nitrogen functional groups attached to an aromatic ring is 1. The summed E-state index contributed by atoms with van der Waals surface area (Å²) in [6.45, 7) is 0.968. The summed E-state index contributed by atoms with van der Waals surface area (Å²) in [6.07, 6.45) is 1.64. The Labute approximate surface area is 81.7 Å². The van der Waals surface area contributed by atoms with E-state index in [0.29, 0.717) is 24.6 Å². The lowest BCUT2D eigenvalue weighted by Gasteiger charge is -2.07. The van der Waals surface area contributed by atoms with Gasteiger partial charge in [0.2, 0.25) is 0 Å². The molecule has 1 heterocycles. The molecule has 6 N–H and O–H groups in total. The highest BCUT2D eigenvalue weighted by Gasteiger charge is 1.97. The second-order valence-corrected chi connectivity index (χ2v) is 2.66. The average Bonchev–Trinajstić information content (AvgIpc) is 2.15. The second-order valence-electron chi connectivity index (χ2n) is 2.66. The molecule has 1 aromatic rings. The molecule has 0 aliphatic rings. The van der Waals surface area contributed by atoms with E-state index >= 15 is 0 Å². The molecule has 6 heteroatoms. The maximum atomic E-state index is 10.3. The minimum Gasteiger partial charge on any atom is -0.396 e. The summed E-state index contributed by atoms with van der Waals surface area (Å²) >= 11 is 0. The first kappa shape index (κ1) is 10.1. The fourth-order valence-corrected chi connectivity index (χ4v) is 0.932. The van der Waals surface area contributed by atoms with Gasteiger partial charge in [0.15, 0.2) is 0 Å². The number of urea groups is 1. The molecular formula is C8H13N5O. The SMILES string of the molecule is NC(=O)NCCNc1ncccc1N. The van der Waals surface area contributed by atoms with Crippen molar-refractivity contribution in [1.29, 1.82) is 0 Å². The van der Waals surface area contributed by atoms with Crippen molar-refractivity contribution in [2.24, 2.45) is 5.73 Å². The molecule has 0 aliphatic heterocycles. The Kier molecular flexibility index (Phi) is 3.54. The Morgan fingerprint density at radius 1 is 1.50 bits per heavy atom. The zero-order valence-corrected chi connectivity index (χ0v) is 7.66. The van der Waals surface area contributed by atoms with Gasteiger partial charge >= 0.3 is 6.03 Å². The molecular weight excluding hydrogens is 182 g/mol. The standard InChI is InChI=1S/C8H13N5O/c9-6-2-1-3-11-7(6)12-4-5-13-8(10)14/h1-3H,4-5,9H2,(H,11,12)(H3,10,13,14). The van der Waals surface area contributed by atoms with Gasteiger partial charge in [-0.15, -0.1) is 0 Å². The van der Waals surface area contributed by atoms with E-state index in [2.05, 4.69) is 15.6 Å². The van der Waals surface area contributed by atoms with E-state index in [1.54, 1.807) is 18.3 Å². The van der Waals surface area contributed by atoms with Crippen molar-refractivity contribution < 1.29 is 4.79 Å². The number of nitrogens with two attached hydrogens (primary N) is 2. The van der Waals surface area contributed by atoms with E-state index in [0.717, 1.165) is 0 Å². The van der Waals surface area contributed by atoms with Gasteiger partial charge < -0.3 is 22.1 Å². The van der Waals surface area contributed by atoms with Crippen LogP contribution in [0.25, 0.3) is 0 Å². The number of primary amides is 1. The van der Waals surface area contributed by atoms with Crippen LogP contribution in [0.15, 0.2) is 18.3 Å². The van der Waals surface area contributed by atoms with Crippen LogP contribution in [-0.2, 0) is 0 Å². The maximum absolute atomic E-state index is 10.3. The van der Waals surface area contributed by atoms with Crippen LogP contribution < -0.4 is 22.1 Å². The van der Waals surface area contributed by atoms with Crippen molar-refractivity contribution in [1.82, 2.24) is 10.3 Å². The molecule has 0 radical (unpaired) electrons. The lowest BCUT2D eigenvalue weighted by Crippen LogP contribution is -2.33. The summed E-state index contributed by atoms with van der Waals surface area (Å²) < 4.78 is 0. The third-order valence-electron chi connectivity index (χ3n) is 1.56. The highest BCUT2D eigenvalue weighted by molar-refractivity contribution is 5.71. The highest BCUT2D eigenvalue weighted by Crippen LogP contribution is 2.11. The van der Waals surface area contributed by atoms with E-state index in [-0.39, 0.29) is 0 Å². The van der Waals surface area contributed by atoms with Gasteiger partial charge in [0.1, 0.15) is 5.82 Å². The van der Waals surface area contributed by atoms with Gasteiger partial charge in [-0.25, -0.2) is 9.78 Å². The largest absolute Gasteiger partial charge is 0.396 e. The van der Waals surface area contributed by atoms with Crippen LogP contribution in [0.2, 0.25) is 0 Å². The van der Waals surface area contributed by atoms with Gasteiger partial charge in [-0.3, -0.25) is 0 Å². The minimum atomic E-state index is -0.541. The summed E-state index contributed by atoms with van der Waals surface area (Å²) in [5.41, 5.74) is 11.1. The van der Waals surface area contributed by atoms with Crippen molar-refractivity contribution >= 4 is 17.5 Å². The van der Waals surface area contributed by atoms with Crippen molar-refractivity contribution in [2.45, 2.75) is 0 Å². The van der Waals surface area contributed by atoms with Gasteiger partial charge in [-0.2, -0.15) is 0 Å². The van der Waals surface area contributed by atoms with Gasteiger partial charge in [-0.05, 0) is 12.1 Å². The summed E-state index contributed by atoms with van der Waals surface area (Å²) in [4.78, 5) is 14.3. The van der Waals surface area contributed by atoms with Crippen LogP contribution in [-0.4, -0.2) is 24.1 Å². The maximum Gasteiger partial charge on any atom is 0.312 e. The van der Waals surface area contributed by atoms with E-state index in [9.17, 15) is 4.79 Å². The highest BCUT2D eigenvalue weighted by atomic mass is 16.2. The molecule has 0 atom stereocenters. The number of anilines is 2. The average molecular weight is 195 g/mol. The second kappa shape index (κ2) is 4.90. The number of rotatable bonds is 4. The number of nitrogens with zero attached hydrogens (tertiary/aromatic N) is 1. The van der Waals surface area contributed by atoms with Crippen molar-refractivity contribution in [2.75, 3.05) is 24.1 Å². The zero-order valence-electron chi connectivity index (χ0n) is 7.66. The number of nitrogens with one attached hydrogen (secondary N) is 2. The predicted molar refractivity (Wildman–Crippen MR) is 54.7 cm³/mol. The van der Waals surface area contributed by atoms with Crippen LogP contribution >= 0.6 is 0 Å². The minimum absolute atomic E-state index is 0.436. The number of carbonyl (C=O) groups excluding carboxylic acids is 1. The first-order valence-electron chi connectivity index (χ1n) is 4.18. The number of hydrogen-bond donors (Lipinski definition) is 4. The molecule has 2 amide bonds. The van der Waals surface area contributed by atoms with Crippen LogP contribution in [0, 0.1) is 0 Å². The Hall–Kier alpha value is -1.98. The topological polar surface area (TPSA) is 106 Å². The smallest absolute Gasteiger partial charge is 0.312 e. The molecule has 0 spiro atoms. The van der Waals surface area contributed by atoms with Crippen molar-refractivity contribution in [3.05, 3.63) is 18.3 Å². The summed E-state index contributed by atoms with van der Waals surface area (Å²) in [5.74, 6) is 0.610. The predicted octanol–water partition coefficient (Wildman–Crippen LogP) is -0.256. The van der Waals surface area contributed by atoms with Gasteiger partial charge in [-0.1, -0.05) is 0 Å². The zero-order chi connectivity index (χ0) is 10.4. The molecule has 0 aromatic carbocycles. The quantitative estimate of drug-likeness (QED) is 0.497. The Bertz CT molecular complexity index is 314. The molecule has 0 fully saturated rings. The monoisotopic (exact) mass is 195 g/mol. The molecule has 76 valence electrons. The molecule has 0 aliphatic carbocycles. The van der Waals surface area contributed by atoms with Crippen LogP contribution in [0.1, 0.15) is 0 Å². The number of hydrogen-bond acceptors (Lipinski definition) is 4. The Balaban J connectivity index is 2.31. The molecule has 1 aromatic heterocycles. The molecule has 0 bridgehead atoms. The first-order chi connectivity index (χ1) is 6.70. The number of carbonyl (C=O) groups is 1. The van der Waals surface area contributed by atoms with E-state index in [1.807, 2.05) is 0 Å². The lowest BCUT2D eigenvalue weighted by atomic mass is 10.4. The van der Waals surface area contributed by atoms with E-state index < -0.39 is 6.03 Å². The lowest BCUT2D eigenvalue weighted by molar-refractivity contribution is 0.249. The van der Waals surface area contributed by atoms with E-state index in [4.69, 9.17) is 11.5 Å². The first-order valence-corrected chi connectivity index (χ1v) is 4.18. The summed E-state index contributed by atoms with van der Waals surface area (Å²) in [7, 11) is 0. The number of aromatic nitrogens is 1. The Morgan fingerprint density at radius 3 is 2.93 bits per heavy atom. The van der Waals surface area contributed by atoms with E-state index in [1.165, 1.54) is 0 Å². The molecule has 0 unspecified atom stereocenters. The van der Waals surface area contributed by atoms with Crippen LogP contribution in [0.5, 0.6) is 0 Å². The summed E-state index contributed by atoms with van der Waals surface area (Å²) in [5, 5.41) is 5.40. The molecule has 0 saturated carbocycles. The number of amides is 2. The fraction of sp³-hybridized carbons (Fsp3) is 0.250. The van der Waals surface area contributed by atoms with Crippen LogP contribution in [0.3, 0.4) is 0 Å². The third kappa shape index (κ3) is 3.18. The number of pyridine rings is 1. The van der Waals surface area contributed by atoms with Gasteiger partial charge in [0, 0.05) is 19.3 Å². The van der Waals surface area contributed by atoms with Crippen molar-refractivity contribution in [3.8, 4) is 0 Å². The molecule has 0 saturated heterocycles. The summed E-state index contributed by atoms with van der Waals surface area (Å²) in [6, 6.07) is 2.96. The third-order valence-corrected chi connectivity index (χ3v) is 1.56. The Morgan fingerprint density at radius 2 is 2.29 bits per heavy atom. The molecule has 1 rings (SSSR count). The fourth-order valence-electron chi connectivity index (χ4n) is 0.932. The normalized spacial score (nSPS) is 9.43. The molecule has 6 nitrogen and oxygen atoms in total. The van der Waals surface area contributed by atoms with Gasteiger partial charge in [0.25, 0.3) is 0 Å².